The van der Waals surface area contributed by atoms with Crippen LogP contribution in [-0.2, 0) is 11.2 Å². The Morgan fingerprint density at radius 3 is 3.07 bits per heavy atom. The fourth-order valence-electron chi connectivity index (χ4n) is 1.15. The normalized spacial score (nSPS) is 10.3. The zero-order valence-corrected chi connectivity index (χ0v) is 9.64. The zero-order valence-electron chi connectivity index (χ0n) is 8.82. The number of aliphatic hydroxyl groups excluding tert-OH is 1. The van der Waals surface area contributed by atoms with Gasteiger partial charge in [-0.15, -0.1) is 11.3 Å². The van der Waals surface area contributed by atoms with Crippen LogP contribution in [0.5, 0.6) is 0 Å². The molecule has 2 N–H and O–H groups in total. The molecule has 0 bridgehead atoms. The molecule has 0 fully saturated rings. The van der Waals surface area contributed by atoms with E-state index in [1.807, 2.05) is 12.3 Å². The number of hydrogen-bond acceptors (Lipinski definition) is 4. The van der Waals surface area contributed by atoms with Gasteiger partial charge in [-0.05, 0) is 13.3 Å². The fraction of sp³-hybridized carbons (Fsp3) is 0.600. The molecule has 15 heavy (non-hydrogen) atoms. The van der Waals surface area contributed by atoms with Gasteiger partial charge in [-0.2, -0.15) is 0 Å². The van der Waals surface area contributed by atoms with Gasteiger partial charge in [-0.25, -0.2) is 4.98 Å². The van der Waals surface area contributed by atoms with E-state index in [-0.39, 0.29) is 12.5 Å². The van der Waals surface area contributed by atoms with Gasteiger partial charge < -0.3 is 10.4 Å². The largest absolute Gasteiger partial charge is 0.396 e. The van der Waals surface area contributed by atoms with Gasteiger partial charge in [0.1, 0.15) is 0 Å². The molecule has 0 saturated carbocycles. The van der Waals surface area contributed by atoms with Crippen LogP contribution >= 0.6 is 11.3 Å². The molecule has 1 heterocycles. The highest BCUT2D eigenvalue weighted by Gasteiger charge is 2.01. The summed E-state index contributed by atoms with van der Waals surface area (Å²) < 4.78 is 0. The molecule has 1 amide bonds. The van der Waals surface area contributed by atoms with E-state index in [1.165, 1.54) is 0 Å². The highest BCUT2D eigenvalue weighted by atomic mass is 32.1. The quantitative estimate of drug-likeness (QED) is 0.760. The van der Waals surface area contributed by atoms with Gasteiger partial charge in [0.25, 0.3) is 0 Å². The summed E-state index contributed by atoms with van der Waals surface area (Å²) in [6.07, 6.45) is 1.71. The molecule has 5 heteroatoms. The summed E-state index contributed by atoms with van der Waals surface area (Å²) in [7, 11) is 0. The molecule has 0 spiro atoms. The molecule has 0 saturated heterocycles. The number of aryl methyl sites for hydroxylation is 1. The lowest BCUT2D eigenvalue weighted by Crippen LogP contribution is -2.25. The van der Waals surface area contributed by atoms with Gasteiger partial charge in [0.05, 0.1) is 5.01 Å². The van der Waals surface area contributed by atoms with Crippen LogP contribution in [0.4, 0.5) is 0 Å². The van der Waals surface area contributed by atoms with Gasteiger partial charge in [0.2, 0.25) is 5.91 Å². The van der Waals surface area contributed by atoms with Crippen molar-refractivity contribution in [2.24, 2.45) is 0 Å². The third kappa shape index (κ3) is 4.90. The van der Waals surface area contributed by atoms with Crippen molar-refractivity contribution in [1.29, 1.82) is 0 Å². The zero-order chi connectivity index (χ0) is 11.1. The second-order valence-corrected chi connectivity index (χ2v) is 4.25. The fourth-order valence-corrected chi connectivity index (χ4v) is 1.93. The molecule has 1 aromatic rings. The summed E-state index contributed by atoms with van der Waals surface area (Å²) in [5.41, 5.74) is 1.03. The number of nitrogens with one attached hydrogen (secondary N) is 1. The predicted molar refractivity (Wildman–Crippen MR) is 59.9 cm³/mol. The number of hydrogen-bond donors (Lipinski definition) is 2. The van der Waals surface area contributed by atoms with E-state index in [4.69, 9.17) is 5.11 Å². The van der Waals surface area contributed by atoms with Crippen LogP contribution in [0.1, 0.15) is 23.5 Å². The molecule has 1 aromatic heterocycles. The van der Waals surface area contributed by atoms with Crippen LogP contribution < -0.4 is 5.32 Å². The molecule has 1 rings (SSSR count). The molecule has 0 aliphatic heterocycles. The van der Waals surface area contributed by atoms with Crippen molar-refractivity contribution in [3.8, 4) is 0 Å². The second kappa shape index (κ2) is 6.53. The molecular formula is C10H16N2O2S. The Morgan fingerprint density at radius 2 is 2.47 bits per heavy atom. The van der Waals surface area contributed by atoms with Crippen LogP contribution in [0, 0.1) is 6.92 Å². The molecule has 0 radical (unpaired) electrons. The van der Waals surface area contributed by atoms with Crippen molar-refractivity contribution in [2.45, 2.75) is 26.2 Å². The highest BCUT2D eigenvalue weighted by molar-refractivity contribution is 7.09. The van der Waals surface area contributed by atoms with E-state index in [1.54, 1.807) is 11.3 Å². The topological polar surface area (TPSA) is 62.2 Å². The number of carbonyl (C=O) groups is 1. The van der Waals surface area contributed by atoms with Gasteiger partial charge in [-0.1, -0.05) is 0 Å². The SMILES string of the molecule is Cc1csc(CCNC(=O)CCCO)n1. The van der Waals surface area contributed by atoms with Gasteiger partial charge >= 0.3 is 0 Å². The molecule has 0 aliphatic rings. The Balaban J connectivity index is 2.13. The predicted octanol–water partition coefficient (Wildman–Crippen LogP) is 0.883. The Hall–Kier alpha value is -0.940. The maximum absolute atomic E-state index is 11.2. The number of amides is 1. The van der Waals surface area contributed by atoms with E-state index < -0.39 is 0 Å². The van der Waals surface area contributed by atoms with E-state index in [2.05, 4.69) is 10.3 Å². The molecule has 84 valence electrons. The maximum atomic E-state index is 11.2. The minimum Gasteiger partial charge on any atom is -0.396 e. The van der Waals surface area contributed by atoms with E-state index >= 15 is 0 Å². The van der Waals surface area contributed by atoms with E-state index in [0.29, 0.717) is 19.4 Å². The first-order chi connectivity index (χ1) is 7.22. The molecule has 0 unspecified atom stereocenters. The lowest BCUT2D eigenvalue weighted by molar-refractivity contribution is -0.121. The molecule has 0 aliphatic carbocycles. The van der Waals surface area contributed by atoms with Crippen LogP contribution in [0.15, 0.2) is 5.38 Å². The summed E-state index contributed by atoms with van der Waals surface area (Å²) in [5.74, 6) is -0.00247. The monoisotopic (exact) mass is 228 g/mol. The van der Waals surface area contributed by atoms with Gasteiger partial charge in [0.15, 0.2) is 0 Å². The lowest BCUT2D eigenvalue weighted by Gasteiger charge is -2.02. The van der Waals surface area contributed by atoms with Crippen molar-refractivity contribution in [3.63, 3.8) is 0 Å². The van der Waals surface area contributed by atoms with Crippen LogP contribution in [-0.4, -0.2) is 29.1 Å². The Kier molecular flexibility index (Phi) is 5.28. The standard InChI is InChI=1S/C10H16N2O2S/c1-8-7-15-10(12-8)4-5-11-9(14)3-2-6-13/h7,13H,2-6H2,1H3,(H,11,14). The summed E-state index contributed by atoms with van der Waals surface area (Å²) in [4.78, 5) is 15.5. The summed E-state index contributed by atoms with van der Waals surface area (Å²) in [6, 6.07) is 0. The van der Waals surface area contributed by atoms with Gasteiger partial charge in [0, 0.05) is 37.1 Å². The third-order valence-electron chi connectivity index (χ3n) is 1.89. The van der Waals surface area contributed by atoms with Crippen molar-refractivity contribution in [2.75, 3.05) is 13.2 Å². The van der Waals surface area contributed by atoms with Crippen molar-refractivity contribution in [3.05, 3.63) is 16.1 Å². The maximum Gasteiger partial charge on any atom is 0.220 e. The number of thiazole rings is 1. The number of rotatable bonds is 6. The minimum absolute atomic E-state index is 0.00247. The third-order valence-corrected chi connectivity index (χ3v) is 2.92. The second-order valence-electron chi connectivity index (χ2n) is 3.31. The first-order valence-corrected chi connectivity index (χ1v) is 5.89. The smallest absolute Gasteiger partial charge is 0.220 e. The number of aliphatic hydroxyl groups is 1. The Morgan fingerprint density at radius 1 is 1.67 bits per heavy atom. The average molecular weight is 228 g/mol. The van der Waals surface area contributed by atoms with Crippen LogP contribution in [0.3, 0.4) is 0 Å². The minimum atomic E-state index is -0.00247. The average Bonchev–Trinajstić information content (AvgIpc) is 2.61. The Labute approximate surface area is 93.4 Å². The number of aromatic nitrogens is 1. The first-order valence-electron chi connectivity index (χ1n) is 5.01. The van der Waals surface area contributed by atoms with Crippen molar-refractivity contribution in [1.82, 2.24) is 10.3 Å². The summed E-state index contributed by atoms with van der Waals surface area (Å²) in [5, 5.41) is 14.4. The lowest BCUT2D eigenvalue weighted by atomic mass is 10.3. The van der Waals surface area contributed by atoms with Crippen molar-refractivity contribution < 1.29 is 9.90 Å². The van der Waals surface area contributed by atoms with Crippen LogP contribution in [0.25, 0.3) is 0 Å². The van der Waals surface area contributed by atoms with Crippen molar-refractivity contribution >= 4 is 17.2 Å². The van der Waals surface area contributed by atoms with E-state index in [0.717, 1.165) is 17.1 Å². The Bertz CT molecular complexity index is 312. The molecule has 0 atom stereocenters. The van der Waals surface area contributed by atoms with E-state index in [9.17, 15) is 4.79 Å². The summed E-state index contributed by atoms with van der Waals surface area (Å²) >= 11 is 1.62. The highest BCUT2D eigenvalue weighted by Crippen LogP contribution is 2.08. The molecular weight excluding hydrogens is 212 g/mol. The van der Waals surface area contributed by atoms with Crippen LogP contribution in [0.2, 0.25) is 0 Å². The first kappa shape index (κ1) is 12.1. The number of nitrogens with zero attached hydrogens (tertiary/aromatic N) is 1. The molecule has 4 nitrogen and oxygen atoms in total. The number of carbonyl (C=O) groups excluding carboxylic acids is 1. The summed E-state index contributed by atoms with van der Waals surface area (Å²) in [6.45, 7) is 2.65. The molecule has 0 aromatic carbocycles. The van der Waals surface area contributed by atoms with Gasteiger partial charge in [-0.3, -0.25) is 4.79 Å².